The summed E-state index contributed by atoms with van der Waals surface area (Å²) in [5, 5.41) is 4.43. The van der Waals surface area contributed by atoms with Crippen LogP contribution in [0, 0.1) is 0 Å². The molecule has 0 atom stereocenters. The van der Waals surface area contributed by atoms with Crippen molar-refractivity contribution in [2.45, 2.75) is 6.54 Å². The first-order valence-corrected chi connectivity index (χ1v) is 7.14. The van der Waals surface area contributed by atoms with Crippen LogP contribution in [0.25, 0.3) is 0 Å². The van der Waals surface area contributed by atoms with Gasteiger partial charge in [0.2, 0.25) is 5.88 Å². The third-order valence-corrected chi connectivity index (χ3v) is 3.71. The molecule has 1 heterocycles. The number of pyridine rings is 1. The van der Waals surface area contributed by atoms with Crippen LogP contribution >= 0.6 is 46.4 Å². The maximum atomic E-state index is 6.12. The number of nitrogens with zero attached hydrogens (tertiary/aromatic N) is 1. The highest BCUT2D eigenvalue weighted by atomic mass is 35.5. The molecule has 7 heteroatoms. The summed E-state index contributed by atoms with van der Waals surface area (Å²) in [6.45, 7) is 0.667. The Balaban J connectivity index is 2.28. The molecular weight excluding hydrogens is 342 g/mol. The summed E-state index contributed by atoms with van der Waals surface area (Å²) in [4.78, 5) is 4.16. The summed E-state index contributed by atoms with van der Waals surface area (Å²) in [7, 11) is 1.84. The topological polar surface area (TPSA) is 34.2 Å². The van der Waals surface area contributed by atoms with Crippen molar-refractivity contribution >= 4 is 46.4 Å². The van der Waals surface area contributed by atoms with E-state index in [1.54, 1.807) is 12.3 Å². The number of ether oxygens (including phenoxy) is 1. The average molecular weight is 352 g/mol. The smallest absolute Gasteiger partial charge is 0.238 e. The van der Waals surface area contributed by atoms with Crippen LogP contribution in [0.2, 0.25) is 20.1 Å². The van der Waals surface area contributed by atoms with E-state index in [4.69, 9.17) is 51.1 Å². The van der Waals surface area contributed by atoms with E-state index < -0.39 is 0 Å². The lowest BCUT2D eigenvalue weighted by atomic mass is 10.3. The number of halogens is 4. The quantitative estimate of drug-likeness (QED) is 0.768. The minimum absolute atomic E-state index is 0.256. The van der Waals surface area contributed by atoms with Crippen LogP contribution in [0.5, 0.6) is 11.6 Å². The zero-order valence-electron chi connectivity index (χ0n) is 10.4. The number of hydrogen-bond donors (Lipinski definition) is 1. The molecule has 0 aliphatic heterocycles. The second-order valence-electron chi connectivity index (χ2n) is 3.96. The van der Waals surface area contributed by atoms with E-state index in [-0.39, 0.29) is 5.88 Å². The van der Waals surface area contributed by atoms with Crippen LogP contribution in [-0.4, -0.2) is 12.0 Å². The lowest BCUT2D eigenvalue weighted by Gasteiger charge is -2.10. The Morgan fingerprint density at radius 2 is 1.70 bits per heavy atom. The zero-order chi connectivity index (χ0) is 14.7. The number of benzene rings is 1. The van der Waals surface area contributed by atoms with Crippen LogP contribution in [-0.2, 0) is 6.54 Å². The van der Waals surface area contributed by atoms with Crippen molar-refractivity contribution < 1.29 is 4.74 Å². The molecule has 0 unspecified atom stereocenters. The maximum absolute atomic E-state index is 6.12. The summed E-state index contributed by atoms with van der Waals surface area (Å²) in [6.07, 6.45) is 1.67. The molecule has 0 aliphatic rings. The molecule has 3 nitrogen and oxygen atoms in total. The molecule has 0 spiro atoms. The van der Waals surface area contributed by atoms with Crippen LogP contribution in [0.3, 0.4) is 0 Å². The van der Waals surface area contributed by atoms with Gasteiger partial charge in [0.25, 0.3) is 0 Å². The highest BCUT2D eigenvalue weighted by molar-refractivity contribution is 6.43. The first-order chi connectivity index (χ1) is 9.51. The first kappa shape index (κ1) is 15.7. The fraction of sp³-hybridized carbons (Fsp3) is 0.154. The average Bonchev–Trinajstić information content (AvgIpc) is 2.39. The van der Waals surface area contributed by atoms with Gasteiger partial charge in [0.05, 0.1) is 15.1 Å². The molecular formula is C13H10Cl4N2O. The van der Waals surface area contributed by atoms with Crippen LogP contribution < -0.4 is 10.1 Å². The van der Waals surface area contributed by atoms with E-state index in [0.29, 0.717) is 32.4 Å². The van der Waals surface area contributed by atoms with Crippen molar-refractivity contribution in [1.82, 2.24) is 10.3 Å². The van der Waals surface area contributed by atoms with Crippen molar-refractivity contribution in [3.63, 3.8) is 0 Å². The van der Waals surface area contributed by atoms with Gasteiger partial charge < -0.3 is 10.1 Å². The first-order valence-electron chi connectivity index (χ1n) is 5.62. The Kier molecular flexibility index (Phi) is 5.35. The molecule has 20 heavy (non-hydrogen) atoms. The normalized spacial score (nSPS) is 10.7. The molecule has 0 saturated heterocycles. The lowest BCUT2D eigenvalue weighted by molar-refractivity contribution is 0.463. The summed E-state index contributed by atoms with van der Waals surface area (Å²) in [5.41, 5.74) is 0.949. The molecule has 0 aliphatic carbocycles. The van der Waals surface area contributed by atoms with E-state index in [1.807, 2.05) is 7.05 Å². The van der Waals surface area contributed by atoms with Gasteiger partial charge in [-0.3, -0.25) is 0 Å². The van der Waals surface area contributed by atoms with Crippen LogP contribution in [0.15, 0.2) is 24.4 Å². The van der Waals surface area contributed by atoms with E-state index in [1.165, 1.54) is 12.1 Å². The molecule has 1 N–H and O–H groups in total. The number of aromatic nitrogens is 1. The number of nitrogens with one attached hydrogen (secondary N) is 1. The van der Waals surface area contributed by atoms with Gasteiger partial charge in [0.1, 0.15) is 10.8 Å². The Hall–Kier alpha value is -0.710. The van der Waals surface area contributed by atoms with Gasteiger partial charge in [-0.2, -0.15) is 0 Å². The largest absolute Gasteiger partial charge is 0.436 e. The van der Waals surface area contributed by atoms with Gasteiger partial charge in [0.15, 0.2) is 0 Å². The Morgan fingerprint density at radius 3 is 2.35 bits per heavy atom. The number of rotatable bonds is 4. The highest BCUT2D eigenvalue weighted by Crippen LogP contribution is 2.37. The SMILES string of the molecule is CNCc1cnc(Oc2cc(Cl)c(Cl)cc2Cl)c(Cl)c1. The Morgan fingerprint density at radius 1 is 1.00 bits per heavy atom. The summed E-state index contributed by atoms with van der Waals surface area (Å²) < 4.78 is 5.57. The molecule has 0 fully saturated rings. The van der Waals surface area contributed by atoms with Gasteiger partial charge in [-0.1, -0.05) is 46.4 Å². The number of hydrogen-bond acceptors (Lipinski definition) is 3. The molecule has 1 aromatic heterocycles. The molecule has 0 bridgehead atoms. The molecule has 106 valence electrons. The minimum Gasteiger partial charge on any atom is -0.436 e. The third kappa shape index (κ3) is 3.68. The molecule has 1 aromatic carbocycles. The predicted molar refractivity (Wildman–Crippen MR) is 83.6 cm³/mol. The second-order valence-corrected chi connectivity index (χ2v) is 5.59. The minimum atomic E-state index is 0.256. The molecule has 2 rings (SSSR count). The Bertz CT molecular complexity index is 634. The van der Waals surface area contributed by atoms with E-state index in [9.17, 15) is 0 Å². The molecule has 0 amide bonds. The summed E-state index contributed by atoms with van der Waals surface area (Å²) in [6, 6.07) is 4.79. The fourth-order valence-corrected chi connectivity index (χ4v) is 2.33. The molecule has 0 radical (unpaired) electrons. The van der Waals surface area contributed by atoms with E-state index in [2.05, 4.69) is 10.3 Å². The van der Waals surface area contributed by atoms with Crippen molar-refractivity contribution in [3.8, 4) is 11.6 Å². The lowest BCUT2D eigenvalue weighted by Crippen LogP contribution is -2.05. The zero-order valence-corrected chi connectivity index (χ0v) is 13.4. The monoisotopic (exact) mass is 350 g/mol. The summed E-state index contributed by atoms with van der Waals surface area (Å²) in [5.74, 6) is 0.601. The maximum Gasteiger partial charge on any atom is 0.238 e. The summed E-state index contributed by atoms with van der Waals surface area (Å²) >= 11 is 23.9. The Labute approximate surface area is 136 Å². The van der Waals surface area contributed by atoms with Gasteiger partial charge in [-0.05, 0) is 24.7 Å². The van der Waals surface area contributed by atoms with Crippen molar-refractivity contribution in [3.05, 3.63) is 50.0 Å². The van der Waals surface area contributed by atoms with Crippen LogP contribution in [0.1, 0.15) is 5.56 Å². The molecule has 2 aromatic rings. The van der Waals surface area contributed by atoms with Gasteiger partial charge in [-0.15, -0.1) is 0 Å². The van der Waals surface area contributed by atoms with Crippen molar-refractivity contribution in [1.29, 1.82) is 0 Å². The van der Waals surface area contributed by atoms with E-state index >= 15 is 0 Å². The van der Waals surface area contributed by atoms with E-state index in [0.717, 1.165) is 5.56 Å². The van der Waals surface area contributed by atoms with Crippen LogP contribution in [0.4, 0.5) is 0 Å². The van der Waals surface area contributed by atoms with Gasteiger partial charge in [0, 0.05) is 18.8 Å². The molecule has 0 saturated carbocycles. The highest BCUT2D eigenvalue weighted by Gasteiger charge is 2.11. The third-order valence-electron chi connectivity index (χ3n) is 2.43. The van der Waals surface area contributed by atoms with Gasteiger partial charge in [-0.25, -0.2) is 4.98 Å². The van der Waals surface area contributed by atoms with Crippen molar-refractivity contribution in [2.75, 3.05) is 7.05 Å². The van der Waals surface area contributed by atoms with Gasteiger partial charge >= 0.3 is 0 Å². The second kappa shape index (κ2) is 6.83. The standard InChI is InChI=1S/C13H10Cl4N2O/c1-18-5-7-2-11(17)13(19-6-7)20-12-4-9(15)8(14)3-10(12)16/h2-4,6,18H,5H2,1H3. The predicted octanol–water partition coefficient (Wildman–Crippen LogP) is 5.21. The fourth-order valence-electron chi connectivity index (χ4n) is 1.53. The van der Waals surface area contributed by atoms with Crippen molar-refractivity contribution in [2.24, 2.45) is 0 Å².